The summed E-state index contributed by atoms with van der Waals surface area (Å²) in [5.74, 6) is -0.357. The smallest absolute Gasteiger partial charge is 0.337 e. The highest BCUT2D eigenvalue weighted by molar-refractivity contribution is 6.19. The summed E-state index contributed by atoms with van der Waals surface area (Å²) < 4.78 is 6.06. The molecule has 0 spiro atoms. The summed E-state index contributed by atoms with van der Waals surface area (Å²) in [6, 6.07) is 7.13. The molecule has 0 amide bonds. The van der Waals surface area contributed by atoms with Crippen LogP contribution in [0.2, 0.25) is 0 Å². The molecule has 3 nitrogen and oxygen atoms in total. The number of fused-ring (bicyclic) bond motifs is 1. The number of aromatic nitrogens is 1. The van der Waals surface area contributed by atoms with E-state index in [1.165, 1.54) is 11.2 Å². The normalized spacial score (nSPS) is 10.4. The second-order valence-corrected chi connectivity index (χ2v) is 3.26. The van der Waals surface area contributed by atoms with Crippen molar-refractivity contribution in [1.82, 2.24) is 4.09 Å². The third kappa shape index (κ3) is 1.36. The third-order valence-electron chi connectivity index (χ3n) is 2.07. The summed E-state index contributed by atoms with van der Waals surface area (Å²) in [4.78, 5) is 11.2. The van der Waals surface area contributed by atoms with E-state index in [4.69, 9.17) is 11.8 Å². The van der Waals surface area contributed by atoms with Gasteiger partial charge in [0, 0.05) is 23.4 Å². The number of carbonyl (C=O) groups excluding carboxylic acids is 1. The van der Waals surface area contributed by atoms with E-state index < -0.39 is 0 Å². The number of benzene rings is 1. The molecule has 0 saturated heterocycles. The number of methoxy groups -OCH3 is 1. The molecule has 0 fully saturated rings. The van der Waals surface area contributed by atoms with Crippen molar-refractivity contribution < 1.29 is 9.53 Å². The number of esters is 1. The minimum Gasteiger partial charge on any atom is -0.465 e. The van der Waals surface area contributed by atoms with Gasteiger partial charge in [0.05, 0.1) is 18.2 Å². The highest BCUT2D eigenvalue weighted by Crippen LogP contribution is 2.18. The molecule has 1 heterocycles. The van der Waals surface area contributed by atoms with Gasteiger partial charge in [0.1, 0.15) is 0 Å². The van der Waals surface area contributed by atoms with E-state index in [0.29, 0.717) is 5.56 Å². The molecule has 0 bridgehead atoms. The second-order valence-electron chi connectivity index (χ2n) is 2.89. The molecule has 4 heteroatoms. The van der Waals surface area contributed by atoms with Crippen LogP contribution < -0.4 is 0 Å². The predicted molar refractivity (Wildman–Crippen MR) is 54.5 cm³/mol. The van der Waals surface area contributed by atoms with Crippen molar-refractivity contribution in [2.24, 2.45) is 0 Å². The third-order valence-corrected chi connectivity index (χ3v) is 2.36. The molecule has 0 unspecified atom stereocenters. The SMILES string of the molecule is COC(=O)c1ccc2ccn(Cl)c2c1. The van der Waals surface area contributed by atoms with Crippen LogP contribution in [-0.2, 0) is 4.74 Å². The van der Waals surface area contributed by atoms with E-state index >= 15 is 0 Å². The van der Waals surface area contributed by atoms with Gasteiger partial charge in [-0.2, -0.15) is 0 Å². The molecular formula is C10H8ClNO2. The maximum atomic E-state index is 11.2. The van der Waals surface area contributed by atoms with Crippen LogP contribution in [-0.4, -0.2) is 17.2 Å². The van der Waals surface area contributed by atoms with Crippen LogP contribution in [0.25, 0.3) is 10.9 Å². The number of ether oxygens (including phenoxy) is 1. The Morgan fingerprint density at radius 1 is 1.43 bits per heavy atom. The van der Waals surface area contributed by atoms with Crippen LogP contribution >= 0.6 is 11.8 Å². The first-order valence-corrected chi connectivity index (χ1v) is 4.42. The molecule has 1 aromatic carbocycles. The molecule has 0 N–H and O–H groups in total. The Labute approximate surface area is 86.0 Å². The molecular weight excluding hydrogens is 202 g/mol. The van der Waals surface area contributed by atoms with Crippen molar-refractivity contribution in [2.45, 2.75) is 0 Å². The molecule has 0 aliphatic rings. The molecule has 0 aliphatic heterocycles. The van der Waals surface area contributed by atoms with Crippen molar-refractivity contribution in [1.29, 1.82) is 0 Å². The zero-order valence-electron chi connectivity index (χ0n) is 7.53. The molecule has 0 atom stereocenters. The van der Waals surface area contributed by atoms with Gasteiger partial charge in [-0.15, -0.1) is 0 Å². The topological polar surface area (TPSA) is 31.2 Å². The summed E-state index contributed by atoms with van der Waals surface area (Å²) in [6.45, 7) is 0. The lowest BCUT2D eigenvalue weighted by Gasteiger charge is -1.99. The summed E-state index contributed by atoms with van der Waals surface area (Å²) in [7, 11) is 1.35. The number of hydrogen-bond acceptors (Lipinski definition) is 2. The molecule has 0 radical (unpaired) electrons. The fraction of sp³-hybridized carbons (Fsp3) is 0.100. The quantitative estimate of drug-likeness (QED) is 0.676. The molecule has 72 valence electrons. The van der Waals surface area contributed by atoms with Crippen LogP contribution in [0.3, 0.4) is 0 Å². The lowest BCUT2D eigenvalue weighted by Crippen LogP contribution is -2.00. The largest absolute Gasteiger partial charge is 0.465 e. The average Bonchev–Trinajstić information content (AvgIpc) is 2.59. The van der Waals surface area contributed by atoms with Gasteiger partial charge >= 0.3 is 5.97 Å². The first kappa shape index (κ1) is 9.09. The van der Waals surface area contributed by atoms with Crippen molar-refractivity contribution >= 4 is 28.6 Å². The van der Waals surface area contributed by atoms with Crippen LogP contribution in [0.4, 0.5) is 0 Å². The summed E-state index contributed by atoms with van der Waals surface area (Å²) >= 11 is 5.86. The minimum absolute atomic E-state index is 0.357. The van der Waals surface area contributed by atoms with Gasteiger partial charge in [-0.1, -0.05) is 6.07 Å². The van der Waals surface area contributed by atoms with Crippen LogP contribution in [0, 0.1) is 0 Å². The zero-order chi connectivity index (χ0) is 10.1. The summed E-state index contributed by atoms with van der Waals surface area (Å²) in [6.07, 6.45) is 1.73. The van der Waals surface area contributed by atoms with E-state index in [0.717, 1.165) is 10.9 Å². The molecule has 1 aromatic heterocycles. The van der Waals surface area contributed by atoms with Crippen molar-refractivity contribution in [2.75, 3.05) is 7.11 Å². The number of hydrogen-bond donors (Lipinski definition) is 0. The van der Waals surface area contributed by atoms with Crippen molar-refractivity contribution in [3.05, 3.63) is 36.0 Å². The Morgan fingerprint density at radius 2 is 2.21 bits per heavy atom. The van der Waals surface area contributed by atoms with E-state index in [1.807, 2.05) is 12.1 Å². The standard InChI is InChI=1S/C10H8ClNO2/c1-14-10(13)8-3-2-7-4-5-12(11)9(7)6-8/h2-6H,1H3. The molecule has 2 aromatic rings. The molecule has 0 saturated carbocycles. The van der Waals surface area contributed by atoms with Gasteiger partial charge in [-0.3, -0.25) is 4.09 Å². The first-order valence-electron chi connectivity index (χ1n) is 4.08. The fourth-order valence-electron chi connectivity index (χ4n) is 1.34. The van der Waals surface area contributed by atoms with Crippen molar-refractivity contribution in [3.8, 4) is 0 Å². The number of rotatable bonds is 1. The number of nitrogens with zero attached hydrogens (tertiary/aromatic N) is 1. The molecule has 14 heavy (non-hydrogen) atoms. The summed E-state index contributed by atoms with van der Waals surface area (Å²) in [5, 5.41) is 0.993. The minimum atomic E-state index is -0.357. The predicted octanol–water partition coefficient (Wildman–Crippen LogP) is 2.43. The Balaban J connectivity index is 2.60. The number of halogens is 1. The lowest BCUT2D eigenvalue weighted by molar-refractivity contribution is 0.0601. The lowest BCUT2D eigenvalue weighted by atomic mass is 10.2. The van der Waals surface area contributed by atoms with Crippen molar-refractivity contribution in [3.63, 3.8) is 0 Å². The maximum Gasteiger partial charge on any atom is 0.337 e. The van der Waals surface area contributed by atoms with Gasteiger partial charge in [0.25, 0.3) is 0 Å². The van der Waals surface area contributed by atoms with Gasteiger partial charge in [0.15, 0.2) is 0 Å². The Hall–Kier alpha value is -1.48. The van der Waals surface area contributed by atoms with E-state index in [2.05, 4.69) is 4.74 Å². The van der Waals surface area contributed by atoms with Gasteiger partial charge in [-0.25, -0.2) is 4.79 Å². The molecule has 0 aliphatic carbocycles. The average molecular weight is 210 g/mol. The molecule has 2 rings (SSSR count). The van der Waals surface area contributed by atoms with Gasteiger partial charge in [0.2, 0.25) is 0 Å². The second kappa shape index (κ2) is 3.35. The fourth-order valence-corrected chi connectivity index (χ4v) is 1.54. The van der Waals surface area contributed by atoms with Crippen LogP contribution in [0.5, 0.6) is 0 Å². The Bertz CT molecular complexity index is 490. The van der Waals surface area contributed by atoms with Gasteiger partial charge in [-0.05, 0) is 18.2 Å². The zero-order valence-corrected chi connectivity index (χ0v) is 8.28. The van der Waals surface area contributed by atoms with E-state index in [-0.39, 0.29) is 5.97 Å². The monoisotopic (exact) mass is 209 g/mol. The Kier molecular flexibility index (Phi) is 2.17. The maximum absolute atomic E-state index is 11.2. The Morgan fingerprint density at radius 3 is 2.93 bits per heavy atom. The van der Waals surface area contributed by atoms with E-state index in [1.54, 1.807) is 18.3 Å². The van der Waals surface area contributed by atoms with E-state index in [9.17, 15) is 4.79 Å². The van der Waals surface area contributed by atoms with Gasteiger partial charge < -0.3 is 4.74 Å². The summed E-state index contributed by atoms with van der Waals surface area (Å²) in [5.41, 5.74) is 1.30. The highest BCUT2D eigenvalue weighted by Gasteiger charge is 2.07. The highest BCUT2D eigenvalue weighted by atomic mass is 35.5. The first-order chi connectivity index (χ1) is 6.72. The van der Waals surface area contributed by atoms with Crippen LogP contribution in [0.15, 0.2) is 30.5 Å². The number of carbonyl (C=O) groups is 1. The van der Waals surface area contributed by atoms with Crippen LogP contribution in [0.1, 0.15) is 10.4 Å².